The third-order valence-corrected chi connectivity index (χ3v) is 5.10. The molecule has 0 saturated carbocycles. The van der Waals surface area contributed by atoms with E-state index in [0.717, 1.165) is 29.8 Å². The van der Waals surface area contributed by atoms with Gasteiger partial charge in [-0.15, -0.1) is 0 Å². The van der Waals surface area contributed by atoms with Gasteiger partial charge in [0.25, 0.3) is 5.91 Å². The van der Waals surface area contributed by atoms with Crippen LogP contribution in [0.1, 0.15) is 41.6 Å². The molecule has 8 heteroatoms. The Hall–Kier alpha value is -3.16. The Morgan fingerprint density at radius 1 is 1.17 bits per heavy atom. The summed E-state index contributed by atoms with van der Waals surface area (Å²) in [6.45, 7) is 4.25. The van der Waals surface area contributed by atoms with Crippen LogP contribution in [0.3, 0.4) is 0 Å². The van der Waals surface area contributed by atoms with E-state index in [1.165, 1.54) is 17.0 Å². The molecule has 0 saturated heterocycles. The molecule has 2 aromatic heterocycles. The molecule has 0 aliphatic carbocycles. The summed E-state index contributed by atoms with van der Waals surface area (Å²) in [5.74, 6) is -0.287. The largest absolute Gasteiger partial charge is 0.416 e. The number of carbonyl (C=O) groups is 1. The van der Waals surface area contributed by atoms with Crippen molar-refractivity contribution in [3.05, 3.63) is 65.7 Å². The van der Waals surface area contributed by atoms with E-state index in [2.05, 4.69) is 10.1 Å². The first-order valence-corrected chi connectivity index (χ1v) is 9.31. The van der Waals surface area contributed by atoms with E-state index >= 15 is 0 Å². The molecule has 5 nitrogen and oxygen atoms in total. The van der Waals surface area contributed by atoms with Crippen LogP contribution in [0.5, 0.6) is 0 Å². The van der Waals surface area contributed by atoms with E-state index in [9.17, 15) is 18.0 Å². The fourth-order valence-electron chi connectivity index (χ4n) is 3.57. The van der Waals surface area contributed by atoms with Crippen molar-refractivity contribution >= 4 is 11.6 Å². The molecule has 1 aromatic carbocycles. The van der Waals surface area contributed by atoms with E-state index in [0.29, 0.717) is 23.5 Å². The lowest BCUT2D eigenvalue weighted by atomic mass is 10.0. The Morgan fingerprint density at radius 2 is 1.90 bits per heavy atom. The van der Waals surface area contributed by atoms with Crippen LogP contribution < -0.4 is 4.90 Å². The topological polar surface area (TPSA) is 51.0 Å². The van der Waals surface area contributed by atoms with Crippen LogP contribution in [0.15, 0.2) is 48.8 Å². The van der Waals surface area contributed by atoms with Crippen LogP contribution in [-0.4, -0.2) is 27.2 Å². The Labute approximate surface area is 165 Å². The van der Waals surface area contributed by atoms with Gasteiger partial charge in [0.15, 0.2) is 0 Å². The summed E-state index contributed by atoms with van der Waals surface area (Å²) < 4.78 is 40.3. The minimum absolute atomic E-state index is 0.119. The van der Waals surface area contributed by atoms with Gasteiger partial charge in [0.1, 0.15) is 5.69 Å². The second kappa shape index (κ2) is 7.02. The van der Waals surface area contributed by atoms with Crippen molar-refractivity contribution in [1.29, 1.82) is 0 Å². The Balaban J connectivity index is 1.74. The molecule has 150 valence electrons. The number of fused-ring (bicyclic) bond motifs is 1. The number of alkyl halides is 3. The number of nitrogens with zero attached hydrogens (tertiary/aromatic N) is 4. The highest BCUT2D eigenvalue weighted by molar-refractivity contribution is 6.09. The van der Waals surface area contributed by atoms with Gasteiger partial charge in [-0.05, 0) is 55.3 Å². The smallest absolute Gasteiger partial charge is 0.305 e. The van der Waals surface area contributed by atoms with E-state index in [1.807, 2.05) is 26.0 Å². The third-order valence-electron chi connectivity index (χ3n) is 5.10. The molecule has 0 spiro atoms. The lowest BCUT2D eigenvalue weighted by molar-refractivity contribution is -0.137. The molecule has 1 atom stereocenters. The van der Waals surface area contributed by atoms with Crippen molar-refractivity contribution in [3.63, 3.8) is 0 Å². The van der Waals surface area contributed by atoms with Crippen LogP contribution >= 0.6 is 0 Å². The molecule has 1 amide bonds. The Morgan fingerprint density at radius 3 is 2.55 bits per heavy atom. The standard InChI is InChI=1S/C21H19F3N4O/c1-3-16-10-14(8-9-25-16)18-11-26-28-13(2)12-27(20(29)19(18)28)17-6-4-15(5-7-17)21(22,23)24/h4-11,13H,3,12H2,1-2H3/t13-/m0/s1. The fraction of sp³-hybridized carbons (Fsp3) is 0.286. The Kier molecular flexibility index (Phi) is 4.64. The molecular weight excluding hydrogens is 381 g/mol. The predicted molar refractivity (Wildman–Crippen MR) is 103 cm³/mol. The van der Waals surface area contributed by atoms with Crippen molar-refractivity contribution in [3.8, 4) is 11.1 Å². The molecule has 0 fully saturated rings. The van der Waals surface area contributed by atoms with Gasteiger partial charge in [-0.1, -0.05) is 6.92 Å². The zero-order valence-corrected chi connectivity index (χ0v) is 15.9. The fourth-order valence-corrected chi connectivity index (χ4v) is 3.57. The number of hydrogen-bond acceptors (Lipinski definition) is 3. The molecule has 4 rings (SSSR count). The average molecular weight is 400 g/mol. The molecule has 0 radical (unpaired) electrons. The van der Waals surface area contributed by atoms with Crippen LogP contribution in [-0.2, 0) is 12.6 Å². The van der Waals surface area contributed by atoms with Crippen LogP contribution in [0.4, 0.5) is 18.9 Å². The number of amides is 1. The molecule has 29 heavy (non-hydrogen) atoms. The molecule has 1 aliphatic heterocycles. The number of pyridine rings is 1. The van der Waals surface area contributed by atoms with Gasteiger partial charge in [-0.2, -0.15) is 18.3 Å². The summed E-state index contributed by atoms with van der Waals surface area (Å²) in [7, 11) is 0. The minimum atomic E-state index is -4.41. The highest BCUT2D eigenvalue weighted by atomic mass is 19.4. The van der Waals surface area contributed by atoms with Crippen LogP contribution in [0, 0.1) is 0 Å². The maximum absolute atomic E-state index is 13.3. The molecule has 1 aliphatic rings. The average Bonchev–Trinajstić information content (AvgIpc) is 3.16. The van der Waals surface area contributed by atoms with Gasteiger partial charge in [0, 0.05) is 29.7 Å². The number of carbonyl (C=O) groups excluding carboxylic acids is 1. The number of benzene rings is 1. The molecule has 3 heterocycles. The molecular formula is C21H19F3N4O. The van der Waals surface area contributed by atoms with Gasteiger partial charge in [0.05, 0.1) is 17.8 Å². The molecule has 0 unspecified atom stereocenters. The first kappa shape index (κ1) is 19.2. The predicted octanol–water partition coefficient (Wildman–Crippen LogP) is 4.75. The second-order valence-electron chi connectivity index (χ2n) is 7.05. The maximum Gasteiger partial charge on any atom is 0.416 e. The maximum atomic E-state index is 13.3. The summed E-state index contributed by atoms with van der Waals surface area (Å²) in [6.07, 6.45) is -0.293. The van der Waals surface area contributed by atoms with Gasteiger partial charge in [0.2, 0.25) is 0 Å². The number of rotatable bonds is 3. The summed E-state index contributed by atoms with van der Waals surface area (Å²) in [4.78, 5) is 19.1. The number of aryl methyl sites for hydroxylation is 1. The highest BCUT2D eigenvalue weighted by Crippen LogP contribution is 2.34. The minimum Gasteiger partial charge on any atom is -0.305 e. The van der Waals surface area contributed by atoms with Crippen molar-refractivity contribution in [2.24, 2.45) is 0 Å². The van der Waals surface area contributed by atoms with E-state index in [4.69, 9.17) is 0 Å². The number of aromatic nitrogens is 3. The monoisotopic (exact) mass is 400 g/mol. The third kappa shape index (κ3) is 3.39. The van der Waals surface area contributed by atoms with Gasteiger partial charge in [-0.3, -0.25) is 14.5 Å². The first-order valence-electron chi connectivity index (χ1n) is 9.31. The van der Waals surface area contributed by atoms with Crippen molar-refractivity contribution < 1.29 is 18.0 Å². The van der Waals surface area contributed by atoms with Gasteiger partial charge in [-0.25, -0.2) is 0 Å². The number of anilines is 1. The summed E-state index contributed by atoms with van der Waals surface area (Å²) in [6, 6.07) is 8.29. The van der Waals surface area contributed by atoms with Crippen molar-refractivity contribution in [2.45, 2.75) is 32.5 Å². The lowest BCUT2D eigenvalue weighted by Crippen LogP contribution is -2.42. The normalized spacial score (nSPS) is 16.8. The quantitative estimate of drug-likeness (QED) is 0.638. The Bertz CT molecular complexity index is 1060. The summed E-state index contributed by atoms with van der Waals surface area (Å²) in [5, 5.41) is 4.39. The van der Waals surface area contributed by atoms with E-state index < -0.39 is 11.7 Å². The summed E-state index contributed by atoms with van der Waals surface area (Å²) in [5.41, 5.74) is 2.55. The first-order chi connectivity index (χ1) is 13.8. The zero-order chi connectivity index (χ0) is 20.8. The highest BCUT2D eigenvalue weighted by Gasteiger charge is 2.35. The summed E-state index contributed by atoms with van der Waals surface area (Å²) >= 11 is 0. The van der Waals surface area contributed by atoms with Crippen LogP contribution in [0.25, 0.3) is 11.1 Å². The molecule has 0 bridgehead atoms. The van der Waals surface area contributed by atoms with E-state index in [-0.39, 0.29) is 11.9 Å². The van der Waals surface area contributed by atoms with Crippen molar-refractivity contribution in [2.75, 3.05) is 11.4 Å². The van der Waals surface area contributed by atoms with Crippen molar-refractivity contribution in [1.82, 2.24) is 14.8 Å². The number of hydrogen-bond donors (Lipinski definition) is 0. The van der Waals surface area contributed by atoms with Gasteiger partial charge < -0.3 is 4.90 Å². The molecule has 0 N–H and O–H groups in total. The zero-order valence-electron chi connectivity index (χ0n) is 15.9. The van der Waals surface area contributed by atoms with Crippen LogP contribution in [0.2, 0.25) is 0 Å². The van der Waals surface area contributed by atoms with E-state index in [1.54, 1.807) is 17.1 Å². The number of halogens is 3. The SMILES string of the molecule is CCc1cc(-c2cnn3c2C(=O)N(c2ccc(C(F)(F)F)cc2)C[C@@H]3C)ccn1. The van der Waals surface area contributed by atoms with Gasteiger partial charge >= 0.3 is 6.18 Å². The lowest BCUT2D eigenvalue weighted by Gasteiger charge is -2.32. The molecule has 3 aromatic rings. The second-order valence-corrected chi connectivity index (χ2v) is 7.05.